The van der Waals surface area contributed by atoms with Crippen LogP contribution in [0.1, 0.15) is 66.8 Å². The highest BCUT2D eigenvalue weighted by molar-refractivity contribution is 7.99. The minimum Gasteiger partial charge on any atom is -0.457 e. The van der Waals surface area contributed by atoms with Crippen molar-refractivity contribution in [2.45, 2.75) is 26.0 Å². The van der Waals surface area contributed by atoms with Crippen LogP contribution in [0.4, 0.5) is 17.1 Å². The zero-order valence-corrected chi connectivity index (χ0v) is 46.5. The summed E-state index contributed by atoms with van der Waals surface area (Å²) in [7, 11) is 0. The van der Waals surface area contributed by atoms with Crippen molar-refractivity contribution in [2.24, 2.45) is 0 Å². The summed E-state index contributed by atoms with van der Waals surface area (Å²) in [4.78, 5) is 5.18. The van der Waals surface area contributed by atoms with E-state index >= 15 is 0 Å². The molecule has 13 aromatic rings. The summed E-state index contributed by atoms with van der Waals surface area (Å²) >= 11 is 1.89. The number of ether oxygens (including phenoxy) is 1. The second-order valence-electron chi connectivity index (χ2n) is 22.9. The molecule has 0 N–H and O–H groups in total. The van der Waals surface area contributed by atoms with Crippen molar-refractivity contribution in [3.05, 3.63) is 376 Å². The molecule has 0 amide bonds. The zero-order chi connectivity index (χ0) is 55.1. The van der Waals surface area contributed by atoms with Crippen LogP contribution in [-0.4, -0.2) is 0 Å². The number of fused-ring (bicyclic) bond motifs is 21. The largest absolute Gasteiger partial charge is 0.457 e. The van der Waals surface area contributed by atoms with Gasteiger partial charge in [-0.15, -0.1) is 0 Å². The summed E-state index contributed by atoms with van der Waals surface area (Å²) in [6.07, 6.45) is 0. The van der Waals surface area contributed by atoms with Crippen molar-refractivity contribution in [1.82, 2.24) is 0 Å². The normalized spacial score (nSPS) is 14.8. The number of benzene rings is 13. The number of rotatable bonds is 6. The topological polar surface area (TPSA) is 12.5 Å². The van der Waals surface area contributed by atoms with Gasteiger partial charge in [0.2, 0.25) is 0 Å². The quantitative estimate of drug-likeness (QED) is 0.165. The Hall–Kier alpha value is -10.2. The average molecular weight is 1090 g/mol. The molecule has 18 rings (SSSR count). The van der Waals surface area contributed by atoms with E-state index in [1.165, 1.54) is 98.8 Å². The Morgan fingerprint density at radius 1 is 0.262 bits per heavy atom. The molecule has 0 radical (unpaired) electrons. The van der Waals surface area contributed by atoms with Gasteiger partial charge in [-0.3, -0.25) is 0 Å². The van der Waals surface area contributed by atoms with Crippen molar-refractivity contribution in [3.8, 4) is 56.0 Å². The third kappa shape index (κ3) is 6.16. The molecule has 0 unspecified atom stereocenters. The van der Waals surface area contributed by atoms with Gasteiger partial charge in [-0.25, -0.2) is 0 Å². The number of hydrogen-bond acceptors (Lipinski definition) is 3. The minimum atomic E-state index is -0.658. The molecule has 3 heteroatoms. The lowest BCUT2D eigenvalue weighted by Crippen LogP contribution is -2.32. The van der Waals surface area contributed by atoms with E-state index in [0.717, 1.165) is 50.8 Å². The van der Waals surface area contributed by atoms with Gasteiger partial charge in [0.15, 0.2) is 0 Å². The highest BCUT2D eigenvalue weighted by Crippen LogP contribution is 2.67. The number of anilines is 3. The van der Waals surface area contributed by atoms with Gasteiger partial charge in [0.25, 0.3) is 0 Å². The first kappa shape index (κ1) is 47.4. The monoisotopic (exact) mass is 1090 g/mol. The Labute approximate surface area is 493 Å². The van der Waals surface area contributed by atoms with Crippen molar-refractivity contribution in [2.75, 3.05) is 4.90 Å². The van der Waals surface area contributed by atoms with E-state index in [1.54, 1.807) is 0 Å². The second-order valence-corrected chi connectivity index (χ2v) is 23.9. The molecule has 0 bridgehead atoms. The lowest BCUT2D eigenvalue weighted by molar-refractivity contribution is 0.436. The first-order chi connectivity index (χ1) is 41.7. The Kier molecular flexibility index (Phi) is 10.1. The second kappa shape index (κ2) is 17.9. The van der Waals surface area contributed by atoms with E-state index in [2.05, 4.69) is 314 Å². The van der Waals surface area contributed by atoms with E-state index in [1.807, 2.05) is 11.8 Å². The fourth-order valence-corrected chi connectivity index (χ4v) is 17.2. The van der Waals surface area contributed by atoms with Crippen LogP contribution in [0, 0.1) is 0 Å². The van der Waals surface area contributed by atoms with Crippen LogP contribution >= 0.6 is 11.8 Å². The third-order valence-electron chi connectivity index (χ3n) is 19.1. The fourth-order valence-electron chi connectivity index (χ4n) is 16.0. The minimum absolute atomic E-state index is 0.513. The van der Waals surface area contributed by atoms with Gasteiger partial charge < -0.3 is 9.64 Å². The van der Waals surface area contributed by atoms with Crippen LogP contribution in [0.2, 0.25) is 0 Å². The van der Waals surface area contributed by atoms with Crippen molar-refractivity contribution >= 4 is 28.8 Å². The third-order valence-corrected chi connectivity index (χ3v) is 20.2. The summed E-state index contributed by atoms with van der Waals surface area (Å²) in [5.74, 6) is 1.76. The number of para-hydroxylation sites is 3. The van der Waals surface area contributed by atoms with Gasteiger partial charge in [-0.2, -0.15) is 0 Å². The molecule has 0 aromatic heterocycles. The number of hydrogen-bond donors (Lipinski definition) is 0. The van der Waals surface area contributed by atoms with Crippen LogP contribution < -0.4 is 9.64 Å². The van der Waals surface area contributed by atoms with Crippen LogP contribution in [0.3, 0.4) is 0 Å². The van der Waals surface area contributed by atoms with Gasteiger partial charge in [-0.1, -0.05) is 267 Å². The lowest BCUT2D eigenvalue weighted by atomic mass is 9.66. The highest BCUT2D eigenvalue weighted by Gasteiger charge is 2.54. The van der Waals surface area contributed by atoms with Gasteiger partial charge in [0.05, 0.1) is 27.6 Å². The molecule has 392 valence electrons. The van der Waals surface area contributed by atoms with Crippen molar-refractivity contribution in [3.63, 3.8) is 0 Å². The molecule has 2 spiro atoms. The molecule has 3 aliphatic carbocycles. The van der Waals surface area contributed by atoms with Crippen molar-refractivity contribution in [1.29, 1.82) is 0 Å². The van der Waals surface area contributed by atoms with E-state index in [9.17, 15) is 0 Å². The predicted octanol–water partition coefficient (Wildman–Crippen LogP) is 20.5. The Balaban J connectivity index is 0.926. The van der Waals surface area contributed by atoms with Crippen LogP contribution in [0.25, 0.3) is 44.5 Å². The van der Waals surface area contributed by atoms with Gasteiger partial charge in [0.1, 0.15) is 11.5 Å². The van der Waals surface area contributed by atoms with Crippen LogP contribution in [0.15, 0.2) is 319 Å². The molecule has 2 heterocycles. The smallest absolute Gasteiger partial charge is 0.132 e. The van der Waals surface area contributed by atoms with Crippen molar-refractivity contribution < 1.29 is 4.74 Å². The molecule has 0 atom stereocenters. The van der Waals surface area contributed by atoms with Gasteiger partial charge in [0, 0.05) is 37.7 Å². The number of nitrogens with zero attached hydrogens (tertiary/aromatic N) is 1. The Morgan fingerprint density at radius 3 is 1.35 bits per heavy atom. The molecule has 13 aromatic carbocycles. The SMILES string of the molecule is c1ccc(C2(c3ccccc3)c3ccccc3-c3ccc(-c4ccccc4N(c4ccc5c(c4)-c4ccccc4C54c5ccccc5Sc5ccccc54)c4cccc5c4-c4ccccc4C54c5ccccc5Oc5ccccc54)cc32)cc1. The summed E-state index contributed by atoms with van der Waals surface area (Å²) in [6.45, 7) is 0. The summed E-state index contributed by atoms with van der Waals surface area (Å²) in [5, 5.41) is 0. The average Bonchev–Trinajstić information content (AvgIpc) is 2.47. The molecule has 0 saturated heterocycles. The first-order valence-corrected chi connectivity index (χ1v) is 30.0. The summed E-state index contributed by atoms with van der Waals surface area (Å²) in [5.41, 5.74) is 26.4. The van der Waals surface area contributed by atoms with E-state index in [-0.39, 0.29) is 0 Å². The standard InChI is InChI=1S/C81H51NOS/c1-3-24-53(25-4-1)79(54-26-5-2-6-27-54)62-32-11-7-29-57(62)59-48-46-52(50-71(59)79)56-28-10-18-40-72(56)82(55-47-49-65-61(51-55)58-30-8-12-33-63(58)80(65)68-37-16-21-44-76(68)84-77-45-22-17-38-69(77)80)73-41-23-39-70-78(73)60-31-9-13-34-64(60)81(70)66-35-14-19-42-74(66)83-75-43-20-15-36-67(75)81/h1-51H. The molecule has 84 heavy (non-hydrogen) atoms. The molecule has 2 nitrogen and oxygen atoms in total. The molecule has 5 aliphatic rings. The fraction of sp³-hybridized carbons (Fsp3) is 0.0370. The molecule has 2 aliphatic heterocycles. The highest BCUT2D eigenvalue weighted by atomic mass is 32.2. The maximum atomic E-state index is 6.85. The summed E-state index contributed by atoms with van der Waals surface area (Å²) < 4.78 is 6.85. The van der Waals surface area contributed by atoms with E-state index in [4.69, 9.17) is 4.74 Å². The molecular weight excluding hydrogens is 1030 g/mol. The van der Waals surface area contributed by atoms with E-state index < -0.39 is 16.2 Å². The lowest BCUT2D eigenvalue weighted by Gasteiger charge is -2.40. The summed E-state index contributed by atoms with van der Waals surface area (Å²) in [6, 6.07) is 116. The molecule has 0 fully saturated rings. The molecule has 0 saturated carbocycles. The Morgan fingerprint density at radius 2 is 0.702 bits per heavy atom. The maximum absolute atomic E-state index is 6.85. The maximum Gasteiger partial charge on any atom is 0.132 e. The predicted molar refractivity (Wildman–Crippen MR) is 343 cm³/mol. The van der Waals surface area contributed by atoms with Crippen LogP contribution in [0.5, 0.6) is 11.5 Å². The van der Waals surface area contributed by atoms with Gasteiger partial charge in [-0.05, 0) is 144 Å². The van der Waals surface area contributed by atoms with E-state index in [0.29, 0.717) is 0 Å². The molecular formula is C81H51NOS. The van der Waals surface area contributed by atoms with Gasteiger partial charge >= 0.3 is 0 Å². The first-order valence-electron chi connectivity index (χ1n) is 29.1. The Bertz CT molecular complexity index is 4750. The van der Waals surface area contributed by atoms with Crippen LogP contribution in [-0.2, 0) is 16.2 Å². The zero-order valence-electron chi connectivity index (χ0n) is 45.7.